The third kappa shape index (κ3) is 2.56. The van der Waals surface area contributed by atoms with Gasteiger partial charge in [-0.25, -0.2) is 0 Å². The molecular weight excluding hydrogens is 248 g/mol. The van der Waals surface area contributed by atoms with Crippen molar-refractivity contribution in [1.29, 1.82) is 0 Å². The number of nitrogens with zero attached hydrogens (tertiary/aromatic N) is 3. The Kier molecular flexibility index (Phi) is 4.14. The van der Waals surface area contributed by atoms with E-state index in [9.17, 15) is 0 Å². The van der Waals surface area contributed by atoms with Crippen molar-refractivity contribution < 1.29 is 0 Å². The number of nitrogens with two attached hydrogens (primary N) is 1. The molecule has 20 heavy (non-hydrogen) atoms. The van der Waals surface area contributed by atoms with Gasteiger partial charge in [-0.1, -0.05) is 17.7 Å². The van der Waals surface area contributed by atoms with Crippen LogP contribution in [0, 0.1) is 20.8 Å². The standard InChI is InChI=1S/C16H24N4/c1-11-6-7-15(12(2)8-11)19(4)16(9-17)14-10-18-20(5)13(14)3/h6-8,10,16H,9,17H2,1-5H3. The van der Waals surface area contributed by atoms with Crippen LogP contribution in [0.2, 0.25) is 0 Å². The highest BCUT2D eigenvalue weighted by atomic mass is 15.3. The van der Waals surface area contributed by atoms with Gasteiger partial charge >= 0.3 is 0 Å². The first-order valence-electron chi connectivity index (χ1n) is 6.94. The van der Waals surface area contributed by atoms with Crippen molar-refractivity contribution in [2.24, 2.45) is 12.8 Å². The number of rotatable bonds is 4. The van der Waals surface area contributed by atoms with Crippen LogP contribution in [0.3, 0.4) is 0 Å². The number of hydrogen-bond donors (Lipinski definition) is 1. The molecule has 4 nitrogen and oxygen atoms in total. The van der Waals surface area contributed by atoms with Gasteiger partial charge in [0.15, 0.2) is 0 Å². The van der Waals surface area contributed by atoms with Crippen LogP contribution in [-0.2, 0) is 7.05 Å². The fourth-order valence-corrected chi connectivity index (χ4v) is 2.71. The Bertz CT molecular complexity index is 601. The van der Waals surface area contributed by atoms with Crippen LogP contribution < -0.4 is 10.6 Å². The van der Waals surface area contributed by atoms with Crippen molar-refractivity contribution in [2.75, 3.05) is 18.5 Å². The molecule has 0 aliphatic rings. The Hall–Kier alpha value is -1.81. The predicted octanol–water partition coefficient (Wildman–Crippen LogP) is 2.48. The summed E-state index contributed by atoms with van der Waals surface area (Å²) in [7, 11) is 4.06. The molecule has 1 aromatic carbocycles. The number of aryl methyl sites for hydroxylation is 3. The van der Waals surface area contributed by atoms with Gasteiger partial charge in [0.1, 0.15) is 0 Å². The lowest BCUT2D eigenvalue weighted by molar-refractivity contribution is 0.668. The minimum absolute atomic E-state index is 0.144. The third-order valence-electron chi connectivity index (χ3n) is 4.06. The van der Waals surface area contributed by atoms with E-state index in [-0.39, 0.29) is 6.04 Å². The van der Waals surface area contributed by atoms with Crippen molar-refractivity contribution >= 4 is 5.69 Å². The molecule has 0 aliphatic carbocycles. The first-order chi connectivity index (χ1) is 9.45. The smallest absolute Gasteiger partial charge is 0.0695 e. The summed E-state index contributed by atoms with van der Waals surface area (Å²) in [4.78, 5) is 2.25. The van der Waals surface area contributed by atoms with E-state index in [2.05, 4.69) is 56.0 Å². The molecule has 0 radical (unpaired) electrons. The normalized spacial score (nSPS) is 12.5. The van der Waals surface area contributed by atoms with Crippen molar-refractivity contribution in [3.63, 3.8) is 0 Å². The Balaban J connectivity index is 2.38. The molecular formula is C16H24N4. The molecule has 2 aromatic rings. The summed E-state index contributed by atoms with van der Waals surface area (Å²) in [6.45, 7) is 6.90. The first kappa shape index (κ1) is 14.6. The zero-order valence-electron chi connectivity index (χ0n) is 13.0. The Morgan fingerprint density at radius 2 is 2.00 bits per heavy atom. The summed E-state index contributed by atoms with van der Waals surface area (Å²) >= 11 is 0. The minimum Gasteiger partial charge on any atom is -0.366 e. The Morgan fingerprint density at radius 3 is 2.50 bits per heavy atom. The number of hydrogen-bond acceptors (Lipinski definition) is 3. The van der Waals surface area contributed by atoms with Crippen molar-refractivity contribution in [3.05, 3.63) is 46.8 Å². The monoisotopic (exact) mass is 272 g/mol. The molecule has 1 unspecified atom stereocenters. The Morgan fingerprint density at radius 1 is 1.30 bits per heavy atom. The third-order valence-corrected chi connectivity index (χ3v) is 4.06. The summed E-state index contributed by atoms with van der Waals surface area (Å²) in [5.41, 5.74) is 12.1. The lowest BCUT2D eigenvalue weighted by Gasteiger charge is -2.30. The highest BCUT2D eigenvalue weighted by Crippen LogP contribution is 2.29. The molecule has 0 saturated heterocycles. The highest BCUT2D eigenvalue weighted by Gasteiger charge is 2.21. The largest absolute Gasteiger partial charge is 0.366 e. The van der Waals surface area contributed by atoms with Gasteiger partial charge in [0.05, 0.1) is 12.2 Å². The van der Waals surface area contributed by atoms with Gasteiger partial charge in [0.2, 0.25) is 0 Å². The molecule has 0 spiro atoms. The molecule has 4 heteroatoms. The Labute approximate surface area is 121 Å². The molecule has 2 N–H and O–H groups in total. The second-order valence-corrected chi connectivity index (χ2v) is 5.46. The van der Waals surface area contributed by atoms with E-state index in [0.29, 0.717) is 6.54 Å². The molecule has 0 amide bonds. The summed E-state index contributed by atoms with van der Waals surface area (Å²) in [6, 6.07) is 6.65. The van der Waals surface area contributed by atoms with Gasteiger partial charge in [-0.2, -0.15) is 5.10 Å². The van der Waals surface area contributed by atoms with Crippen LogP contribution in [0.15, 0.2) is 24.4 Å². The molecule has 2 rings (SSSR count). The molecule has 0 bridgehead atoms. The van der Waals surface area contributed by atoms with E-state index in [0.717, 1.165) is 5.69 Å². The highest BCUT2D eigenvalue weighted by molar-refractivity contribution is 5.55. The topological polar surface area (TPSA) is 47.1 Å². The van der Waals surface area contributed by atoms with Crippen LogP contribution in [-0.4, -0.2) is 23.4 Å². The maximum atomic E-state index is 6.02. The number of likely N-dealkylation sites (N-methyl/N-ethyl adjacent to an activating group) is 1. The zero-order chi connectivity index (χ0) is 14.9. The minimum atomic E-state index is 0.144. The van der Waals surface area contributed by atoms with E-state index < -0.39 is 0 Å². The van der Waals surface area contributed by atoms with Crippen molar-refractivity contribution in [2.45, 2.75) is 26.8 Å². The lowest BCUT2D eigenvalue weighted by atomic mass is 10.0. The predicted molar refractivity (Wildman–Crippen MR) is 84.1 cm³/mol. The molecule has 0 saturated carbocycles. The van der Waals surface area contributed by atoms with Gasteiger partial charge in [-0.15, -0.1) is 0 Å². The van der Waals surface area contributed by atoms with Crippen molar-refractivity contribution in [1.82, 2.24) is 9.78 Å². The molecule has 0 fully saturated rings. The maximum Gasteiger partial charge on any atom is 0.0695 e. The number of anilines is 1. The summed E-state index contributed by atoms with van der Waals surface area (Å²) in [6.07, 6.45) is 1.92. The fraction of sp³-hybridized carbons (Fsp3) is 0.438. The molecule has 0 aliphatic heterocycles. The van der Waals surface area contributed by atoms with Gasteiger partial charge in [-0.3, -0.25) is 4.68 Å². The molecule has 108 valence electrons. The van der Waals surface area contributed by atoms with Crippen LogP contribution in [0.25, 0.3) is 0 Å². The molecule has 1 heterocycles. The van der Waals surface area contributed by atoms with Crippen LogP contribution in [0.1, 0.15) is 28.4 Å². The van der Waals surface area contributed by atoms with Crippen LogP contribution in [0.5, 0.6) is 0 Å². The van der Waals surface area contributed by atoms with E-state index in [4.69, 9.17) is 5.73 Å². The van der Waals surface area contributed by atoms with E-state index >= 15 is 0 Å². The van der Waals surface area contributed by atoms with Crippen molar-refractivity contribution in [3.8, 4) is 0 Å². The summed E-state index contributed by atoms with van der Waals surface area (Å²) in [5.74, 6) is 0. The summed E-state index contributed by atoms with van der Waals surface area (Å²) < 4.78 is 1.90. The average Bonchev–Trinajstić information content (AvgIpc) is 2.72. The summed E-state index contributed by atoms with van der Waals surface area (Å²) in [5, 5.41) is 4.33. The van der Waals surface area contributed by atoms with E-state index in [1.807, 2.05) is 17.9 Å². The zero-order valence-corrected chi connectivity index (χ0v) is 13.0. The van der Waals surface area contributed by atoms with Crippen LogP contribution >= 0.6 is 0 Å². The van der Waals surface area contributed by atoms with Crippen LogP contribution in [0.4, 0.5) is 5.69 Å². The second-order valence-electron chi connectivity index (χ2n) is 5.46. The van der Waals surface area contributed by atoms with E-state index in [1.165, 1.54) is 22.4 Å². The van der Waals surface area contributed by atoms with E-state index in [1.54, 1.807) is 0 Å². The fourth-order valence-electron chi connectivity index (χ4n) is 2.71. The maximum absolute atomic E-state index is 6.02. The average molecular weight is 272 g/mol. The second kappa shape index (κ2) is 5.67. The number of benzene rings is 1. The van der Waals surface area contributed by atoms with Gasteiger partial charge in [0.25, 0.3) is 0 Å². The van der Waals surface area contributed by atoms with Gasteiger partial charge < -0.3 is 10.6 Å². The quantitative estimate of drug-likeness (QED) is 0.930. The lowest BCUT2D eigenvalue weighted by Crippen LogP contribution is -2.31. The van der Waals surface area contributed by atoms with Gasteiger partial charge in [-0.05, 0) is 32.4 Å². The molecule has 1 atom stereocenters. The SMILES string of the molecule is Cc1ccc(N(C)C(CN)c2cnn(C)c2C)c(C)c1. The molecule has 1 aromatic heterocycles. The number of aromatic nitrogens is 2. The van der Waals surface area contributed by atoms with Gasteiger partial charge in [0, 0.05) is 37.6 Å². The first-order valence-corrected chi connectivity index (χ1v) is 6.94.